The van der Waals surface area contributed by atoms with E-state index in [4.69, 9.17) is 23.2 Å². The van der Waals surface area contributed by atoms with E-state index in [1.807, 2.05) is 16.9 Å². The van der Waals surface area contributed by atoms with Crippen LogP contribution >= 0.6 is 23.2 Å². The molecule has 1 saturated carbocycles. The summed E-state index contributed by atoms with van der Waals surface area (Å²) in [6.45, 7) is 6.06. The van der Waals surface area contributed by atoms with Gasteiger partial charge in [-0.3, -0.25) is 14.6 Å². The Bertz CT molecular complexity index is 1180. The topological polar surface area (TPSA) is 69.7 Å². The highest BCUT2D eigenvalue weighted by Gasteiger charge is 2.30. The summed E-state index contributed by atoms with van der Waals surface area (Å²) in [7, 11) is -3.77. The molecule has 0 spiro atoms. The minimum atomic E-state index is -3.77. The minimum Gasteiger partial charge on any atom is -0.297 e. The zero-order chi connectivity index (χ0) is 24.6. The monoisotopic (exact) mass is 527 g/mol. The molecule has 1 N–H and O–H groups in total. The summed E-state index contributed by atoms with van der Waals surface area (Å²) in [5.74, 6) is -1.35. The van der Waals surface area contributed by atoms with Gasteiger partial charge in [0.05, 0.1) is 11.8 Å². The minimum absolute atomic E-state index is 0.172. The number of carbonyl (C=O) groups is 1. The lowest BCUT2D eigenvalue weighted by atomic mass is 9.98. The van der Waals surface area contributed by atoms with Crippen LogP contribution in [0.2, 0.25) is 10.0 Å². The Hall–Kier alpha value is -1.71. The highest BCUT2D eigenvalue weighted by Crippen LogP contribution is 2.43. The third kappa shape index (κ3) is 6.29. The summed E-state index contributed by atoms with van der Waals surface area (Å²) in [6, 6.07) is 8.71. The predicted octanol–water partition coefficient (Wildman–Crippen LogP) is 4.58. The van der Waals surface area contributed by atoms with Gasteiger partial charge >= 0.3 is 0 Å². The Labute approximate surface area is 210 Å². The number of rotatable bonds is 7. The molecular formula is C24H28Cl2FN3O3S. The highest BCUT2D eigenvalue weighted by atomic mass is 35.5. The first-order valence-electron chi connectivity index (χ1n) is 11.3. The van der Waals surface area contributed by atoms with E-state index in [0.717, 1.165) is 62.0 Å². The lowest BCUT2D eigenvalue weighted by Gasteiger charge is -2.38. The normalized spacial score (nSPS) is 18.6. The van der Waals surface area contributed by atoms with Gasteiger partial charge in [-0.15, -0.1) is 0 Å². The highest BCUT2D eigenvalue weighted by molar-refractivity contribution is 7.89. The standard InChI is InChI=1S/C24H28Cl2FN3O3S/c1-15(17-9-19(25)12-20(26)10-17)30-7-5-29(6-8-30)14-18-11-23(27)22(13-21(18)16-3-4-16)24(31)28-34(2,32)33/h9-13,15-16H,3-8,14H2,1-2H3,(H,28,31). The fraction of sp³-hybridized carbons (Fsp3) is 0.458. The Morgan fingerprint density at radius 2 is 1.71 bits per heavy atom. The van der Waals surface area contributed by atoms with Crippen molar-refractivity contribution in [1.82, 2.24) is 14.5 Å². The van der Waals surface area contributed by atoms with Crippen LogP contribution in [0.25, 0.3) is 0 Å². The van der Waals surface area contributed by atoms with Gasteiger partial charge in [-0.1, -0.05) is 23.2 Å². The van der Waals surface area contributed by atoms with E-state index in [2.05, 4.69) is 16.7 Å². The molecule has 1 unspecified atom stereocenters. The lowest BCUT2D eigenvalue weighted by molar-refractivity contribution is 0.0971. The predicted molar refractivity (Wildman–Crippen MR) is 132 cm³/mol. The van der Waals surface area contributed by atoms with Crippen molar-refractivity contribution in [3.05, 3.63) is 68.4 Å². The number of nitrogens with one attached hydrogen (secondary N) is 1. The van der Waals surface area contributed by atoms with E-state index in [0.29, 0.717) is 16.6 Å². The van der Waals surface area contributed by atoms with Crippen molar-refractivity contribution in [2.75, 3.05) is 32.4 Å². The first-order chi connectivity index (χ1) is 16.0. The molecular weight excluding hydrogens is 500 g/mol. The van der Waals surface area contributed by atoms with Crippen molar-refractivity contribution in [3.8, 4) is 0 Å². The molecule has 1 aliphatic heterocycles. The summed E-state index contributed by atoms with van der Waals surface area (Å²) < 4.78 is 39.5. The molecule has 2 aliphatic rings. The van der Waals surface area contributed by atoms with Crippen LogP contribution in [-0.4, -0.2) is 56.6 Å². The summed E-state index contributed by atoms with van der Waals surface area (Å²) in [5.41, 5.74) is 2.64. The van der Waals surface area contributed by atoms with Crippen LogP contribution in [-0.2, 0) is 16.6 Å². The van der Waals surface area contributed by atoms with Crippen LogP contribution < -0.4 is 4.72 Å². The molecule has 0 aromatic heterocycles. The molecule has 2 fully saturated rings. The van der Waals surface area contributed by atoms with E-state index in [1.165, 1.54) is 12.1 Å². The number of hydrogen-bond acceptors (Lipinski definition) is 5. The largest absolute Gasteiger partial charge is 0.297 e. The number of benzene rings is 2. The number of piperazine rings is 1. The molecule has 1 aliphatic carbocycles. The van der Waals surface area contributed by atoms with Crippen LogP contribution in [0.4, 0.5) is 4.39 Å². The summed E-state index contributed by atoms with van der Waals surface area (Å²) >= 11 is 12.3. The number of carbonyl (C=O) groups excluding carboxylic acids is 1. The van der Waals surface area contributed by atoms with Gasteiger partial charge in [-0.05, 0) is 72.7 Å². The number of hydrogen-bond donors (Lipinski definition) is 1. The summed E-state index contributed by atoms with van der Waals surface area (Å²) in [4.78, 5) is 16.9. The zero-order valence-corrected chi connectivity index (χ0v) is 21.5. The maximum absolute atomic E-state index is 14.8. The Balaban J connectivity index is 1.44. The molecule has 2 aromatic rings. The average Bonchev–Trinajstić information content (AvgIpc) is 3.57. The Morgan fingerprint density at radius 1 is 1.09 bits per heavy atom. The van der Waals surface area contributed by atoms with Crippen LogP contribution in [0.1, 0.15) is 58.8 Å². The van der Waals surface area contributed by atoms with Gasteiger partial charge in [0, 0.05) is 48.8 Å². The lowest BCUT2D eigenvalue weighted by Crippen LogP contribution is -2.46. The van der Waals surface area contributed by atoms with Crippen LogP contribution in [0, 0.1) is 5.82 Å². The zero-order valence-electron chi connectivity index (χ0n) is 19.2. The molecule has 184 valence electrons. The van der Waals surface area contributed by atoms with Crippen molar-refractivity contribution >= 4 is 39.1 Å². The number of halogens is 3. The maximum Gasteiger partial charge on any atom is 0.267 e. The third-order valence-corrected chi connectivity index (χ3v) is 7.48. The van der Waals surface area contributed by atoms with Gasteiger partial charge in [0.2, 0.25) is 10.0 Å². The Kier molecular flexibility index (Phi) is 7.55. The van der Waals surface area contributed by atoms with Gasteiger partial charge < -0.3 is 0 Å². The second-order valence-electron chi connectivity index (χ2n) is 9.20. The van der Waals surface area contributed by atoms with Gasteiger partial charge in [0.1, 0.15) is 5.82 Å². The van der Waals surface area contributed by atoms with Crippen molar-refractivity contribution < 1.29 is 17.6 Å². The molecule has 34 heavy (non-hydrogen) atoms. The van der Waals surface area contributed by atoms with Crippen LogP contribution in [0.15, 0.2) is 30.3 Å². The average molecular weight is 528 g/mol. The quantitative estimate of drug-likeness (QED) is 0.570. The first-order valence-corrected chi connectivity index (χ1v) is 13.9. The molecule has 1 saturated heterocycles. The molecule has 10 heteroatoms. The number of sulfonamides is 1. The fourth-order valence-corrected chi connectivity index (χ4v) is 5.51. The molecule has 0 radical (unpaired) electrons. The van der Waals surface area contributed by atoms with E-state index < -0.39 is 21.7 Å². The molecule has 6 nitrogen and oxygen atoms in total. The molecule has 4 rings (SSSR count). The molecule has 0 bridgehead atoms. The third-order valence-electron chi connectivity index (χ3n) is 6.48. The number of nitrogens with zero attached hydrogens (tertiary/aromatic N) is 2. The smallest absolute Gasteiger partial charge is 0.267 e. The van der Waals surface area contributed by atoms with Crippen molar-refractivity contribution in [3.63, 3.8) is 0 Å². The van der Waals surface area contributed by atoms with E-state index in [-0.39, 0.29) is 17.5 Å². The summed E-state index contributed by atoms with van der Waals surface area (Å²) in [5, 5.41) is 1.24. The van der Waals surface area contributed by atoms with Crippen LogP contribution in [0.5, 0.6) is 0 Å². The van der Waals surface area contributed by atoms with Gasteiger partial charge in [-0.25, -0.2) is 17.5 Å². The summed E-state index contributed by atoms with van der Waals surface area (Å²) in [6.07, 6.45) is 2.85. The Morgan fingerprint density at radius 3 is 2.26 bits per heavy atom. The SMILES string of the molecule is CC(c1cc(Cl)cc(Cl)c1)N1CCN(Cc2cc(F)c(C(=O)NS(C)(=O)=O)cc2C2CC2)CC1. The fourth-order valence-electron chi connectivity index (χ4n) is 4.52. The number of amides is 1. The van der Waals surface area contributed by atoms with Crippen LogP contribution in [0.3, 0.4) is 0 Å². The maximum atomic E-state index is 14.8. The molecule has 2 aromatic carbocycles. The van der Waals surface area contributed by atoms with Gasteiger partial charge in [-0.2, -0.15) is 0 Å². The second kappa shape index (κ2) is 10.1. The van der Waals surface area contributed by atoms with E-state index in [9.17, 15) is 17.6 Å². The first kappa shape index (κ1) is 25.4. The molecule has 1 atom stereocenters. The molecule has 1 amide bonds. The van der Waals surface area contributed by atoms with E-state index in [1.54, 1.807) is 6.07 Å². The van der Waals surface area contributed by atoms with E-state index >= 15 is 0 Å². The van der Waals surface area contributed by atoms with Gasteiger partial charge in [0.25, 0.3) is 5.91 Å². The molecule has 1 heterocycles. The van der Waals surface area contributed by atoms with Gasteiger partial charge in [0.15, 0.2) is 0 Å². The van der Waals surface area contributed by atoms with Crippen molar-refractivity contribution in [1.29, 1.82) is 0 Å². The van der Waals surface area contributed by atoms with Crippen molar-refractivity contribution in [2.24, 2.45) is 0 Å². The second-order valence-corrected chi connectivity index (χ2v) is 11.8. The van der Waals surface area contributed by atoms with Crippen molar-refractivity contribution in [2.45, 2.75) is 38.3 Å².